The van der Waals surface area contributed by atoms with Gasteiger partial charge < -0.3 is 4.74 Å². The van der Waals surface area contributed by atoms with Crippen molar-refractivity contribution in [2.75, 3.05) is 6.61 Å². The second-order valence-corrected chi connectivity index (χ2v) is 3.98. The monoisotopic (exact) mass is 231 g/mol. The van der Waals surface area contributed by atoms with Gasteiger partial charge in [-0.25, -0.2) is 0 Å². The van der Waals surface area contributed by atoms with Gasteiger partial charge in [-0.1, -0.05) is 37.3 Å². The minimum absolute atomic E-state index is 0.172. The molecule has 3 nitrogen and oxygen atoms in total. The molecule has 0 spiro atoms. The Bertz CT molecular complexity index is 394. The summed E-state index contributed by atoms with van der Waals surface area (Å²) in [6, 6.07) is 11.9. The second kappa shape index (κ2) is 6.70. The van der Waals surface area contributed by atoms with Crippen LogP contribution in [-0.4, -0.2) is 12.6 Å². The highest BCUT2D eigenvalue weighted by Crippen LogP contribution is 2.23. The van der Waals surface area contributed by atoms with Gasteiger partial charge in [0.25, 0.3) is 0 Å². The molecule has 1 rings (SSSR count). The molecule has 0 saturated carbocycles. The fourth-order valence-electron chi connectivity index (χ4n) is 1.72. The zero-order valence-corrected chi connectivity index (χ0v) is 10.2. The highest BCUT2D eigenvalue weighted by molar-refractivity contribution is 5.75. The summed E-state index contributed by atoms with van der Waals surface area (Å²) in [7, 11) is 0. The molecule has 0 radical (unpaired) electrons. The Hall–Kier alpha value is -1.82. The Morgan fingerprint density at radius 1 is 1.41 bits per heavy atom. The number of esters is 1. The van der Waals surface area contributed by atoms with Crippen LogP contribution < -0.4 is 0 Å². The van der Waals surface area contributed by atoms with Crippen LogP contribution in [0.5, 0.6) is 0 Å². The third-order valence-electron chi connectivity index (χ3n) is 2.68. The maximum atomic E-state index is 11.5. The molecule has 0 aromatic heterocycles. The molecule has 0 fully saturated rings. The molecule has 1 aromatic rings. The summed E-state index contributed by atoms with van der Waals surface area (Å²) in [4.78, 5) is 11.5. The fraction of sp³-hybridized carbons (Fsp3) is 0.429. The summed E-state index contributed by atoms with van der Waals surface area (Å²) in [6.07, 6.45) is 0.499. The van der Waals surface area contributed by atoms with Gasteiger partial charge in [0, 0.05) is 0 Å². The zero-order chi connectivity index (χ0) is 12.7. The van der Waals surface area contributed by atoms with Gasteiger partial charge in [0.05, 0.1) is 12.7 Å². The molecule has 1 aromatic carbocycles. The second-order valence-electron chi connectivity index (χ2n) is 3.98. The number of carbonyl (C=O) groups excluding carboxylic acids is 1. The fourth-order valence-corrected chi connectivity index (χ4v) is 1.72. The standard InChI is InChI=1S/C14H17NO2/c1-3-17-14(16)13(10-15)9-11(2)12-7-5-4-6-8-12/h4-8,11,13H,3,9H2,1-2H3. The number of hydrogen-bond acceptors (Lipinski definition) is 3. The third kappa shape index (κ3) is 3.92. The van der Waals surface area contributed by atoms with Crippen molar-refractivity contribution >= 4 is 5.97 Å². The van der Waals surface area contributed by atoms with Gasteiger partial charge in [-0.3, -0.25) is 4.79 Å². The number of benzene rings is 1. The minimum Gasteiger partial charge on any atom is -0.465 e. The molecule has 0 heterocycles. The van der Waals surface area contributed by atoms with Gasteiger partial charge in [0.2, 0.25) is 0 Å². The van der Waals surface area contributed by atoms with Crippen molar-refractivity contribution in [1.29, 1.82) is 5.26 Å². The summed E-state index contributed by atoms with van der Waals surface area (Å²) >= 11 is 0. The maximum absolute atomic E-state index is 11.5. The van der Waals surface area contributed by atoms with Gasteiger partial charge in [0.1, 0.15) is 5.92 Å². The largest absolute Gasteiger partial charge is 0.465 e. The van der Waals surface area contributed by atoms with E-state index < -0.39 is 11.9 Å². The molecule has 2 atom stereocenters. The number of ether oxygens (including phenoxy) is 1. The van der Waals surface area contributed by atoms with Crippen LogP contribution in [0.2, 0.25) is 0 Å². The number of carbonyl (C=O) groups is 1. The predicted octanol–water partition coefficient (Wildman–Crippen LogP) is 2.88. The molecule has 0 saturated heterocycles. The van der Waals surface area contributed by atoms with Gasteiger partial charge >= 0.3 is 5.97 Å². The lowest BCUT2D eigenvalue weighted by Gasteiger charge is -2.14. The Morgan fingerprint density at radius 2 is 2.06 bits per heavy atom. The van der Waals surface area contributed by atoms with Gasteiger partial charge in [-0.2, -0.15) is 5.26 Å². The number of nitriles is 1. The van der Waals surface area contributed by atoms with E-state index >= 15 is 0 Å². The van der Waals surface area contributed by atoms with Crippen molar-refractivity contribution in [2.45, 2.75) is 26.2 Å². The van der Waals surface area contributed by atoms with Crippen molar-refractivity contribution in [2.24, 2.45) is 5.92 Å². The lowest BCUT2D eigenvalue weighted by Crippen LogP contribution is -2.18. The van der Waals surface area contributed by atoms with Crippen LogP contribution in [0.25, 0.3) is 0 Å². The van der Waals surface area contributed by atoms with E-state index in [1.165, 1.54) is 0 Å². The van der Waals surface area contributed by atoms with E-state index in [4.69, 9.17) is 10.00 Å². The average molecular weight is 231 g/mol. The molecule has 0 N–H and O–H groups in total. The van der Waals surface area contributed by atoms with Crippen molar-refractivity contribution in [3.63, 3.8) is 0 Å². The van der Waals surface area contributed by atoms with Crippen LogP contribution in [0.1, 0.15) is 31.7 Å². The highest BCUT2D eigenvalue weighted by Gasteiger charge is 2.22. The molecule has 3 heteroatoms. The van der Waals surface area contributed by atoms with E-state index in [0.717, 1.165) is 5.56 Å². The van der Waals surface area contributed by atoms with Crippen LogP contribution in [0.15, 0.2) is 30.3 Å². The van der Waals surface area contributed by atoms with Gasteiger partial charge in [-0.15, -0.1) is 0 Å². The van der Waals surface area contributed by atoms with Gasteiger partial charge in [-0.05, 0) is 24.8 Å². The van der Waals surface area contributed by atoms with Crippen molar-refractivity contribution in [1.82, 2.24) is 0 Å². The maximum Gasteiger partial charge on any atom is 0.323 e. The van der Waals surface area contributed by atoms with E-state index in [9.17, 15) is 4.79 Å². The van der Waals surface area contributed by atoms with Crippen LogP contribution in [0.3, 0.4) is 0 Å². The van der Waals surface area contributed by atoms with Crippen molar-refractivity contribution in [3.8, 4) is 6.07 Å². The normalized spacial score (nSPS) is 13.5. The Balaban J connectivity index is 2.64. The van der Waals surface area contributed by atoms with Crippen molar-refractivity contribution in [3.05, 3.63) is 35.9 Å². The first-order valence-electron chi connectivity index (χ1n) is 5.80. The SMILES string of the molecule is CCOC(=O)C(C#N)CC(C)c1ccccc1. The first-order chi connectivity index (χ1) is 8.19. The number of nitrogens with zero attached hydrogens (tertiary/aromatic N) is 1. The zero-order valence-electron chi connectivity index (χ0n) is 10.2. The molecule has 0 aliphatic carbocycles. The van der Waals surface area contributed by atoms with Crippen LogP contribution in [-0.2, 0) is 9.53 Å². The molecule has 2 unspecified atom stereocenters. The third-order valence-corrected chi connectivity index (χ3v) is 2.68. The predicted molar refractivity (Wildman–Crippen MR) is 65.2 cm³/mol. The lowest BCUT2D eigenvalue weighted by molar-refractivity contribution is -0.146. The Morgan fingerprint density at radius 3 is 2.59 bits per heavy atom. The summed E-state index contributed by atoms with van der Waals surface area (Å²) in [6.45, 7) is 4.07. The first kappa shape index (κ1) is 13.2. The average Bonchev–Trinajstić information content (AvgIpc) is 2.37. The minimum atomic E-state index is -0.676. The Labute approximate surface area is 102 Å². The smallest absolute Gasteiger partial charge is 0.323 e. The lowest BCUT2D eigenvalue weighted by atomic mass is 9.91. The van der Waals surface area contributed by atoms with Gasteiger partial charge in [0.15, 0.2) is 0 Å². The summed E-state index contributed by atoms with van der Waals surface area (Å²) < 4.78 is 4.87. The molecular weight excluding hydrogens is 214 g/mol. The van der Waals surface area contributed by atoms with E-state index in [0.29, 0.717) is 13.0 Å². The molecule has 0 aliphatic heterocycles. The summed E-state index contributed by atoms with van der Waals surface area (Å²) in [5.74, 6) is -0.923. The van der Waals surface area contributed by atoms with Crippen LogP contribution in [0, 0.1) is 17.2 Å². The topological polar surface area (TPSA) is 50.1 Å². The molecule has 0 bridgehead atoms. The molecule has 90 valence electrons. The van der Waals surface area contributed by atoms with Crippen LogP contribution in [0.4, 0.5) is 0 Å². The van der Waals surface area contributed by atoms with E-state index in [-0.39, 0.29) is 5.92 Å². The molecular formula is C14H17NO2. The first-order valence-corrected chi connectivity index (χ1v) is 5.80. The van der Waals surface area contributed by atoms with E-state index in [1.54, 1.807) is 6.92 Å². The summed E-state index contributed by atoms with van der Waals surface area (Å²) in [5.41, 5.74) is 1.14. The summed E-state index contributed by atoms with van der Waals surface area (Å²) in [5, 5.41) is 8.97. The Kier molecular flexibility index (Phi) is 5.22. The van der Waals surface area contributed by atoms with E-state index in [2.05, 4.69) is 0 Å². The molecule has 0 amide bonds. The van der Waals surface area contributed by atoms with Crippen LogP contribution >= 0.6 is 0 Å². The van der Waals surface area contributed by atoms with E-state index in [1.807, 2.05) is 43.3 Å². The highest BCUT2D eigenvalue weighted by atomic mass is 16.5. The number of hydrogen-bond donors (Lipinski definition) is 0. The molecule has 0 aliphatic rings. The van der Waals surface area contributed by atoms with Crippen molar-refractivity contribution < 1.29 is 9.53 Å². The molecule has 17 heavy (non-hydrogen) atoms. The quantitative estimate of drug-likeness (QED) is 0.732. The number of rotatable bonds is 5.